The van der Waals surface area contributed by atoms with Crippen molar-refractivity contribution in [1.82, 2.24) is 4.98 Å². The van der Waals surface area contributed by atoms with E-state index in [0.29, 0.717) is 0 Å². The van der Waals surface area contributed by atoms with Gasteiger partial charge in [-0.25, -0.2) is 8.78 Å². The molecule has 0 aliphatic carbocycles. The van der Waals surface area contributed by atoms with Crippen molar-refractivity contribution >= 4 is 5.97 Å². The minimum absolute atomic E-state index is 0.0511. The Morgan fingerprint density at radius 3 is 2.78 bits per heavy atom. The Labute approximate surface area is 102 Å². The first-order valence-electron chi connectivity index (χ1n) is 5.00. The number of rotatable bonds is 4. The highest BCUT2D eigenvalue weighted by atomic mass is 19.3. The van der Waals surface area contributed by atoms with Crippen LogP contribution in [0.2, 0.25) is 0 Å². The van der Waals surface area contributed by atoms with Crippen LogP contribution in [0.4, 0.5) is 8.78 Å². The minimum atomic E-state index is -2.84. The lowest BCUT2D eigenvalue weighted by molar-refractivity contribution is -0.139. The highest BCUT2D eigenvalue weighted by Gasteiger charge is 2.21. The molecule has 2 N–H and O–H groups in total. The first kappa shape index (κ1) is 14.0. The number of nitrogens with two attached hydrogens (primary N) is 1. The van der Waals surface area contributed by atoms with Crippen molar-refractivity contribution < 1.29 is 18.3 Å². The fraction of sp³-hybridized carbons (Fsp3) is 0.364. The predicted molar refractivity (Wildman–Crippen MR) is 57.5 cm³/mol. The van der Waals surface area contributed by atoms with E-state index < -0.39 is 18.0 Å². The van der Waals surface area contributed by atoms with Crippen LogP contribution in [-0.4, -0.2) is 18.1 Å². The molecule has 0 amide bonds. The van der Waals surface area contributed by atoms with Crippen LogP contribution in [0.25, 0.3) is 0 Å². The van der Waals surface area contributed by atoms with Crippen LogP contribution < -0.4 is 5.73 Å². The number of pyridine rings is 1. The van der Waals surface area contributed by atoms with Crippen molar-refractivity contribution in [3.63, 3.8) is 0 Å². The molecular formula is C11H11F2N3O2. The van der Waals surface area contributed by atoms with Crippen molar-refractivity contribution in [2.24, 2.45) is 5.73 Å². The maximum absolute atomic E-state index is 12.7. The maximum Gasteiger partial charge on any atom is 0.310 e. The van der Waals surface area contributed by atoms with Gasteiger partial charge in [-0.15, -0.1) is 0 Å². The summed E-state index contributed by atoms with van der Waals surface area (Å²) in [6, 6.07) is 1.67. The second kappa shape index (κ2) is 6.02. The van der Waals surface area contributed by atoms with E-state index in [4.69, 9.17) is 11.0 Å². The summed E-state index contributed by atoms with van der Waals surface area (Å²) in [5.41, 5.74) is 4.98. The molecule has 7 heteroatoms. The van der Waals surface area contributed by atoms with E-state index in [-0.39, 0.29) is 29.8 Å². The molecule has 1 aromatic rings. The van der Waals surface area contributed by atoms with Crippen molar-refractivity contribution in [3.05, 3.63) is 28.6 Å². The van der Waals surface area contributed by atoms with Gasteiger partial charge in [-0.3, -0.25) is 9.78 Å². The first-order chi connectivity index (χ1) is 8.54. The standard InChI is InChI=1S/C11H11F2N3O2/c1-18-10(17)2-6-7(3-14)8(11(12)13)5-16-9(6)4-15/h5,11H,2,4,15H2,1H3. The van der Waals surface area contributed by atoms with Gasteiger partial charge in [0.2, 0.25) is 0 Å². The summed E-state index contributed by atoms with van der Waals surface area (Å²) in [7, 11) is 1.17. The van der Waals surface area contributed by atoms with Gasteiger partial charge in [-0.05, 0) is 0 Å². The van der Waals surface area contributed by atoms with E-state index in [1.54, 1.807) is 6.07 Å². The van der Waals surface area contributed by atoms with Crippen molar-refractivity contribution in [3.8, 4) is 6.07 Å². The van der Waals surface area contributed by atoms with E-state index in [2.05, 4.69) is 9.72 Å². The van der Waals surface area contributed by atoms with Gasteiger partial charge in [0.15, 0.2) is 0 Å². The molecule has 5 nitrogen and oxygen atoms in total. The summed E-state index contributed by atoms with van der Waals surface area (Å²) in [6.45, 7) is -0.0511. The number of nitriles is 1. The topological polar surface area (TPSA) is 89.0 Å². The quantitative estimate of drug-likeness (QED) is 0.813. The Hall–Kier alpha value is -2.07. The monoisotopic (exact) mass is 255 g/mol. The van der Waals surface area contributed by atoms with Crippen LogP contribution in [0.1, 0.15) is 28.8 Å². The smallest absolute Gasteiger partial charge is 0.310 e. The highest BCUT2D eigenvalue weighted by molar-refractivity contribution is 5.74. The van der Waals surface area contributed by atoms with Gasteiger partial charge >= 0.3 is 5.97 Å². The van der Waals surface area contributed by atoms with Crippen LogP contribution in [0.3, 0.4) is 0 Å². The van der Waals surface area contributed by atoms with E-state index in [0.717, 1.165) is 6.20 Å². The summed E-state index contributed by atoms with van der Waals surface area (Å²) in [6.07, 6.45) is -2.23. The Morgan fingerprint density at radius 1 is 1.67 bits per heavy atom. The van der Waals surface area contributed by atoms with Crippen molar-refractivity contribution in [1.29, 1.82) is 5.26 Å². The molecule has 0 radical (unpaired) electrons. The van der Waals surface area contributed by atoms with Gasteiger partial charge in [0.1, 0.15) is 6.07 Å². The largest absolute Gasteiger partial charge is 0.469 e. The predicted octanol–water partition coefficient (Wildman–Crippen LogP) is 1.07. The van der Waals surface area contributed by atoms with Crippen LogP contribution >= 0.6 is 0 Å². The number of halogens is 2. The Balaban J connectivity index is 3.38. The van der Waals surface area contributed by atoms with E-state index in [9.17, 15) is 13.6 Å². The molecule has 0 unspecified atom stereocenters. The normalized spacial score (nSPS) is 10.2. The number of hydrogen-bond donors (Lipinski definition) is 1. The Morgan fingerprint density at radius 2 is 2.33 bits per heavy atom. The third kappa shape index (κ3) is 2.78. The lowest BCUT2D eigenvalue weighted by atomic mass is 9.99. The van der Waals surface area contributed by atoms with Gasteiger partial charge in [-0.1, -0.05) is 0 Å². The number of carbonyl (C=O) groups is 1. The Bertz CT molecular complexity index is 498. The minimum Gasteiger partial charge on any atom is -0.469 e. The summed E-state index contributed by atoms with van der Waals surface area (Å²) in [5, 5.41) is 8.95. The molecule has 0 aliphatic rings. The number of nitrogens with zero attached hydrogens (tertiary/aromatic N) is 2. The molecule has 18 heavy (non-hydrogen) atoms. The molecule has 0 bridgehead atoms. The molecule has 96 valence electrons. The zero-order valence-corrected chi connectivity index (χ0v) is 9.61. The third-order valence-corrected chi connectivity index (χ3v) is 2.39. The third-order valence-electron chi connectivity index (χ3n) is 2.39. The van der Waals surface area contributed by atoms with Gasteiger partial charge in [0.25, 0.3) is 6.43 Å². The van der Waals surface area contributed by atoms with Crippen molar-refractivity contribution in [2.45, 2.75) is 19.4 Å². The molecule has 0 atom stereocenters. The number of alkyl halides is 2. The molecule has 1 rings (SSSR count). The second-order valence-electron chi connectivity index (χ2n) is 3.38. The molecule has 1 heterocycles. The lowest BCUT2D eigenvalue weighted by Gasteiger charge is -2.11. The fourth-order valence-corrected chi connectivity index (χ4v) is 1.49. The average Bonchev–Trinajstić information content (AvgIpc) is 2.37. The molecule has 0 aliphatic heterocycles. The van der Waals surface area contributed by atoms with Crippen LogP contribution in [0, 0.1) is 11.3 Å². The summed E-state index contributed by atoms with van der Waals surface area (Å²) in [5.74, 6) is -0.644. The molecule has 0 aromatic carbocycles. The van der Waals surface area contributed by atoms with Gasteiger partial charge in [-0.2, -0.15) is 5.26 Å². The SMILES string of the molecule is COC(=O)Cc1c(CN)ncc(C(F)F)c1C#N. The van der Waals surface area contributed by atoms with Crippen molar-refractivity contribution in [2.75, 3.05) is 7.11 Å². The number of esters is 1. The summed E-state index contributed by atoms with van der Waals surface area (Å²) < 4.78 is 29.9. The van der Waals surface area contributed by atoms with Gasteiger partial charge < -0.3 is 10.5 Å². The molecule has 1 aromatic heterocycles. The molecule has 0 saturated heterocycles. The number of carbonyl (C=O) groups excluding carboxylic acids is 1. The van der Waals surface area contributed by atoms with Crippen LogP contribution in [0.15, 0.2) is 6.20 Å². The summed E-state index contributed by atoms with van der Waals surface area (Å²) >= 11 is 0. The van der Waals surface area contributed by atoms with E-state index in [1.807, 2.05) is 0 Å². The zero-order chi connectivity index (χ0) is 13.7. The number of aromatic nitrogens is 1. The fourth-order valence-electron chi connectivity index (χ4n) is 1.49. The molecule has 0 fully saturated rings. The second-order valence-corrected chi connectivity index (χ2v) is 3.38. The van der Waals surface area contributed by atoms with E-state index >= 15 is 0 Å². The Kier molecular flexibility index (Phi) is 4.68. The number of ether oxygens (including phenoxy) is 1. The maximum atomic E-state index is 12.7. The van der Waals surface area contributed by atoms with Gasteiger partial charge in [0, 0.05) is 18.3 Å². The molecule has 0 saturated carbocycles. The number of methoxy groups -OCH3 is 1. The van der Waals surface area contributed by atoms with Crippen LogP contribution in [-0.2, 0) is 22.5 Å². The van der Waals surface area contributed by atoms with E-state index in [1.165, 1.54) is 7.11 Å². The molecular weight excluding hydrogens is 244 g/mol. The first-order valence-corrected chi connectivity index (χ1v) is 5.00. The van der Waals surface area contributed by atoms with Crippen LogP contribution in [0.5, 0.6) is 0 Å². The lowest BCUT2D eigenvalue weighted by Crippen LogP contribution is -2.14. The molecule has 0 spiro atoms. The zero-order valence-electron chi connectivity index (χ0n) is 9.61. The average molecular weight is 255 g/mol. The highest BCUT2D eigenvalue weighted by Crippen LogP contribution is 2.26. The number of hydrogen-bond acceptors (Lipinski definition) is 5. The summed E-state index contributed by atoms with van der Waals surface area (Å²) in [4.78, 5) is 15.0. The van der Waals surface area contributed by atoms with Gasteiger partial charge in [0.05, 0.1) is 30.4 Å².